The summed E-state index contributed by atoms with van der Waals surface area (Å²) in [6.45, 7) is 2.02. The first-order valence-corrected chi connectivity index (χ1v) is 8.84. The number of hydrogen-bond donors (Lipinski definition) is 1. The number of benzene rings is 2. The molecule has 0 amide bonds. The van der Waals surface area contributed by atoms with Crippen LogP contribution >= 0.6 is 0 Å². The van der Waals surface area contributed by atoms with E-state index in [-0.39, 0.29) is 17.4 Å². The van der Waals surface area contributed by atoms with Gasteiger partial charge in [-0.05, 0) is 36.1 Å². The van der Waals surface area contributed by atoms with Crippen LogP contribution in [0.3, 0.4) is 0 Å². The lowest BCUT2D eigenvalue weighted by molar-refractivity contribution is 0.518. The number of halogens is 2. The summed E-state index contributed by atoms with van der Waals surface area (Å²) in [6.07, 6.45) is 0.660. The molecule has 1 fully saturated rings. The zero-order valence-corrected chi connectivity index (χ0v) is 13.4. The third-order valence-electron chi connectivity index (χ3n) is 4.55. The van der Waals surface area contributed by atoms with Gasteiger partial charge in [-0.1, -0.05) is 31.2 Å². The molecule has 0 radical (unpaired) electrons. The molecule has 122 valence electrons. The molecule has 1 saturated carbocycles. The third-order valence-corrected chi connectivity index (χ3v) is 5.97. The Hall–Kier alpha value is -1.79. The van der Waals surface area contributed by atoms with Crippen LogP contribution in [-0.2, 0) is 15.4 Å². The summed E-state index contributed by atoms with van der Waals surface area (Å²) in [5, 5.41) is 0. The number of nitrogens with one attached hydrogen (secondary N) is 1. The largest absolute Gasteiger partial charge is 0.240 e. The van der Waals surface area contributed by atoms with Crippen LogP contribution in [0.2, 0.25) is 0 Å². The highest BCUT2D eigenvalue weighted by atomic mass is 32.2. The molecule has 1 N–H and O–H groups in total. The molecule has 0 bridgehead atoms. The zero-order chi connectivity index (χ0) is 16.7. The Balaban J connectivity index is 1.84. The van der Waals surface area contributed by atoms with E-state index in [1.54, 1.807) is 18.2 Å². The van der Waals surface area contributed by atoms with Gasteiger partial charge in [0.15, 0.2) is 0 Å². The van der Waals surface area contributed by atoms with Gasteiger partial charge in [-0.25, -0.2) is 21.9 Å². The molecule has 0 saturated heterocycles. The Morgan fingerprint density at radius 1 is 1.17 bits per heavy atom. The molecule has 0 spiro atoms. The summed E-state index contributed by atoms with van der Waals surface area (Å²) in [7, 11) is -3.65. The number of sulfonamides is 1. The Morgan fingerprint density at radius 3 is 2.39 bits per heavy atom. The van der Waals surface area contributed by atoms with Crippen molar-refractivity contribution in [3.63, 3.8) is 0 Å². The van der Waals surface area contributed by atoms with Crippen LogP contribution in [0.25, 0.3) is 0 Å². The van der Waals surface area contributed by atoms with Crippen molar-refractivity contribution >= 4 is 10.0 Å². The second-order valence-corrected chi connectivity index (χ2v) is 7.79. The summed E-state index contributed by atoms with van der Waals surface area (Å²) < 4.78 is 54.4. The molecule has 3 rings (SSSR count). The van der Waals surface area contributed by atoms with Crippen molar-refractivity contribution in [3.8, 4) is 0 Å². The van der Waals surface area contributed by atoms with Gasteiger partial charge in [-0.15, -0.1) is 0 Å². The average Bonchev–Trinajstić information content (AvgIpc) is 3.17. The summed E-state index contributed by atoms with van der Waals surface area (Å²) in [5.74, 6) is -1.14. The molecule has 1 aliphatic carbocycles. The Kier molecular flexibility index (Phi) is 3.98. The van der Waals surface area contributed by atoms with Crippen molar-refractivity contribution in [3.05, 3.63) is 65.7 Å². The third kappa shape index (κ3) is 3.01. The van der Waals surface area contributed by atoms with Gasteiger partial charge in [0.05, 0.1) is 4.90 Å². The summed E-state index contributed by atoms with van der Waals surface area (Å²) >= 11 is 0. The maximum atomic E-state index is 14.1. The van der Waals surface area contributed by atoms with E-state index in [1.165, 1.54) is 24.3 Å². The second kappa shape index (κ2) is 5.69. The van der Waals surface area contributed by atoms with Crippen molar-refractivity contribution in [2.45, 2.75) is 23.7 Å². The van der Waals surface area contributed by atoms with Crippen LogP contribution < -0.4 is 4.72 Å². The van der Waals surface area contributed by atoms with E-state index in [2.05, 4.69) is 4.72 Å². The molecule has 0 aliphatic heterocycles. The van der Waals surface area contributed by atoms with Crippen molar-refractivity contribution in [1.82, 2.24) is 4.72 Å². The monoisotopic (exact) mass is 337 g/mol. The first kappa shape index (κ1) is 16.1. The molecule has 3 nitrogen and oxygen atoms in total. The van der Waals surface area contributed by atoms with Crippen LogP contribution in [0.1, 0.15) is 18.9 Å². The zero-order valence-electron chi connectivity index (χ0n) is 12.6. The number of hydrogen-bond acceptors (Lipinski definition) is 2. The highest BCUT2D eigenvalue weighted by Gasteiger charge is 2.53. The Labute approximate surface area is 134 Å². The smallest absolute Gasteiger partial charge is 0.210 e. The van der Waals surface area contributed by atoms with Crippen molar-refractivity contribution in [1.29, 1.82) is 0 Å². The maximum Gasteiger partial charge on any atom is 0.240 e. The first-order chi connectivity index (χ1) is 10.8. The highest BCUT2D eigenvalue weighted by Crippen LogP contribution is 2.54. The Bertz CT molecular complexity index is 824. The van der Waals surface area contributed by atoms with Gasteiger partial charge >= 0.3 is 0 Å². The molecule has 6 heteroatoms. The molecule has 2 aromatic carbocycles. The average molecular weight is 337 g/mol. The van der Waals surface area contributed by atoms with Crippen LogP contribution in [0.15, 0.2) is 53.4 Å². The van der Waals surface area contributed by atoms with E-state index in [4.69, 9.17) is 0 Å². The lowest BCUT2D eigenvalue weighted by atomic mass is 9.93. The van der Waals surface area contributed by atoms with Gasteiger partial charge < -0.3 is 0 Å². The summed E-state index contributed by atoms with van der Waals surface area (Å²) in [6, 6.07) is 11.5. The van der Waals surface area contributed by atoms with E-state index in [1.807, 2.05) is 6.92 Å². The lowest BCUT2D eigenvalue weighted by Crippen LogP contribution is -2.33. The second-order valence-electron chi connectivity index (χ2n) is 6.02. The topological polar surface area (TPSA) is 46.2 Å². The molecular formula is C17H17F2NO2S. The molecule has 2 aromatic rings. The standard InChI is InChI=1S/C17H17F2NO2S/c1-12-10-17(12,15-8-7-13(18)9-16(15)19)11-20-23(21,22)14-5-3-2-4-6-14/h2-9,12,20H,10-11H2,1H3. The van der Waals surface area contributed by atoms with E-state index >= 15 is 0 Å². The normalized spacial score (nSPS) is 23.7. The van der Waals surface area contributed by atoms with Crippen LogP contribution in [0.5, 0.6) is 0 Å². The van der Waals surface area contributed by atoms with Gasteiger partial charge in [0.2, 0.25) is 10.0 Å². The molecular weight excluding hydrogens is 320 g/mol. The highest BCUT2D eigenvalue weighted by molar-refractivity contribution is 7.89. The number of rotatable bonds is 5. The lowest BCUT2D eigenvalue weighted by Gasteiger charge is -2.19. The van der Waals surface area contributed by atoms with E-state index in [0.717, 1.165) is 6.07 Å². The molecule has 0 aromatic heterocycles. The van der Waals surface area contributed by atoms with Gasteiger partial charge in [-0.2, -0.15) is 0 Å². The Morgan fingerprint density at radius 2 is 1.83 bits per heavy atom. The first-order valence-electron chi connectivity index (χ1n) is 7.35. The fraction of sp³-hybridized carbons (Fsp3) is 0.294. The van der Waals surface area contributed by atoms with Crippen molar-refractivity contribution in [2.75, 3.05) is 6.54 Å². The molecule has 1 aliphatic rings. The van der Waals surface area contributed by atoms with Gasteiger partial charge in [0, 0.05) is 18.0 Å². The van der Waals surface area contributed by atoms with Gasteiger partial charge in [0.1, 0.15) is 11.6 Å². The van der Waals surface area contributed by atoms with Gasteiger partial charge in [-0.3, -0.25) is 0 Å². The van der Waals surface area contributed by atoms with Crippen molar-refractivity contribution < 1.29 is 17.2 Å². The van der Waals surface area contributed by atoms with Crippen molar-refractivity contribution in [2.24, 2.45) is 5.92 Å². The molecule has 23 heavy (non-hydrogen) atoms. The van der Waals surface area contributed by atoms with E-state index in [0.29, 0.717) is 12.0 Å². The van der Waals surface area contributed by atoms with E-state index < -0.39 is 27.1 Å². The minimum atomic E-state index is -3.65. The van der Waals surface area contributed by atoms with E-state index in [9.17, 15) is 17.2 Å². The minimum absolute atomic E-state index is 0.0912. The van der Waals surface area contributed by atoms with Crippen LogP contribution in [0, 0.1) is 17.6 Å². The predicted molar refractivity (Wildman–Crippen MR) is 83.4 cm³/mol. The fourth-order valence-electron chi connectivity index (χ4n) is 3.00. The van der Waals surface area contributed by atoms with Crippen LogP contribution in [-0.4, -0.2) is 15.0 Å². The molecule has 2 atom stereocenters. The summed E-state index contributed by atoms with van der Waals surface area (Å²) in [4.78, 5) is 0.169. The quantitative estimate of drug-likeness (QED) is 0.910. The fourth-order valence-corrected chi connectivity index (χ4v) is 4.13. The molecule has 2 unspecified atom stereocenters. The maximum absolute atomic E-state index is 14.1. The minimum Gasteiger partial charge on any atom is -0.210 e. The predicted octanol–water partition coefficient (Wildman–Crippen LogP) is 3.22. The SMILES string of the molecule is CC1CC1(CNS(=O)(=O)c1ccccc1)c1ccc(F)cc1F. The summed E-state index contributed by atoms with van der Waals surface area (Å²) in [5.41, 5.74) is -0.248. The van der Waals surface area contributed by atoms with Crippen LogP contribution in [0.4, 0.5) is 8.78 Å². The molecule has 0 heterocycles. The van der Waals surface area contributed by atoms with Gasteiger partial charge in [0.25, 0.3) is 0 Å².